The largest absolute Gasteiger partial charge is 0.489 e. The lowest BCUT2D eigenvalue weighted by Gasteiger charge is -2.43. The van der Waals surface area contributed by atoms with Gasteiger partial charge < -0.3 is 20.5 Å². The van der Waals surface area contributed by atoms with Crippen molar-refractivity contribution in [2.24, 2.45) is 23.5 Å². The average molecular weight is 387 g/mol. The van der Waals surface area contributed by atoms with Crippen molar-refractivity contribution in [2.75, 3.05) is 25.6 Å². The molecule has 3 N–H and O–H groups in total. The lowest BCUT2D eigenvalue weighted by Crippen LogP contribution is -2.48. The molecule has 0 aliphatic heterocycles. The van der Waals surface area contributed by atoms with Gasteiger partial charge in [0.25, 0.3) is 0 Å². The molecule has 0 radical (unpaired) electrons. The fourth-order valence-corrected chi connectivity index (χ4v) is 4.20. The van der Waals surface area contributed by atoms with E-state index >= 15 is 0 Å². The van der Waals surface area contributed by atoms with Crippen molar-refractivity contribution in [1.82, 2.24) is 0 Å². The molecule has 2 atom stereocenters. The van der Waals surface area contributed by atoms with E-state index in [2.05, 4.69) is 5.32 Å². The Kier molecular flexibility index (Phi) is 7.68. The number of hydrogen-bond acceptors (Lipinski definition) is 4. The molecule has 1 amide bonds. The summed E-state index contributed by atoms with van der Waals surface area (Å²) in [4.78, 5) is 12.7. The number of carbonyl (C=O) groups excluding carboxylic acids is 1. The smallest absolute Gasteiger partial charge is 0.227 e. The molecule has 2 fully saturated rings. The van der Waals surface area contributed by atoms with Gasteiger partial charge >= 0.3 is 0 Å². The topological polar surface area (TPSA) is 73.6 Å². The first-order valence-electron chi connectivity index (χ1n) is 9.06. The van der Waals surface area contributed by atoms with Crippen molar-refractivity contribution in [3.8, 4) is 5.75 Å². The van der Waals surface area contributed by atoms with Crippen LogP contribution in [0.25, 0.3) is 0 Å². The predicted octanol–water partition coefficient (Wildman–Crippen LogP) is 3.36. The molecule has 146 valence electrons. The first kappa shape index (κ1) is 20.9. The van der Waals surface area contributed by atoms with E-state index < -0.39 is 5.82 Å². The molecule has 2 bridgehead atoms. The van der Waals surface area contributed by atoms with Gasteiger partial charge in [0.05, 0.1) is 12.3 Å². The number of nitrogens with one attached hydrogen (secondary N) is 1. The van der Waals surface area contributed by atoms with Gasteiger partial charge in [-0.3, -0.25) is 4.79 Å². The minimum absolute atomic E-state index is 0. The van der Waals surface area contributed by atoms with Crippen LogP contribution in [0.2, 0.25) is 0 Å². The van der Waals surface area contributed by atoms with Crippen LogP contribution in [0.4, 0.5) is 10.1 Å². The lowest BCUT2D eigenvalue weighted by atomic mass is 9.65. The summed E-state index contributed by atoms with van der Waals surface area (Å²) in [7, 11) is 1.58. The van der Waals surface area contributed by atoms with Crippen molar-refractivity contribution in [3.63, 3.8) is 0 Å². The van der Waals surface area contributed by atoms with Crippen LogP contribution in [-0.4, -0.2) is 32.3 Å². The first-order valence-corrected chi connectivity index (χ1v) is 9.06. The van der Waals surface area contributed by atoms with E-state index in [1.165, 1.54) is 24.6 Å². The maximum atomic E-state index is 13.6. The van der Waals surface area contributed by atoms with E-state index in [1.807, 2.05) is 0 Å². The van der Waals surface area contributed by atoms with Crippen LogP contribution >= 0.6 is 12.4 Å². The quantitative estimate of drug-likeness (QED) is 0.735. The van der Waals surface area contributed by atoms with Crippen LogP contribution in [0.1, 0.15) is 32.1 Å². The van der Waals surface area contributed by atoms with Gasteiger partial charge in [-0.25, -0.2) is 4.39 Å². The molecule has 2 unspecified atom stereocenters. The Labute approximate surface area is 160 Å². The summed E-state index contributed by atoms with van der Waals surface area (Å²) >= 11 is 0. The monoisotopic (exact) mass is 386 g/mol. The Bertz CT molecular complexity index is 602. The second kappa shape index (κ2) is 9.53. The molecular formula is C19H28ClFN2O3. The SMILES string of the molecule is COCCOc1ccc(F)cc1NC(=O)C1CC2CCCC(C1)C2N.Cl. The number of hydrogen-bond donors (Lipinski definition) is 2. The third-order valence-corrected chi connectivity index (χ3v) is 5.53. The molecule has 3 rings (SSSR count). The Morgan fingerprint density at radius 1 is 1.27 bits per heavy atom. The molecule has 0 saturated heterocycles. The highest BCUT2D eigenvalue weighted by Gasteiger charge is 2.40. The zero-order valence-electron chi connectivity index (χ0n) is 15.1. The van der Waals surface area contributed by atoms with Crippen LogP contribution in [0.3, 0.4) is 0 Å². The Morgan fingerprint density at radius 2 is 1.96 bits per heavy atom. The van der Waals surface area contributed by atoms with Gasteiger partial charge in [-0.1, -0.05) is 6.42 Å². The minimum atomic E-state index is -0.406. The van der Waals surface area contributed by atoms with E-state index in [0.29, 0.717) is 36.5 Å². The Hall–Kier alpha value is -1.37. The summed E-state index contributed by atoms with van der Waals surface area (Å²) in [6, 6.07) is 4.38. The van der Waals surface area contributed by atoms with Gasteiger partial charge in [-0.15, -0.1) is 12.4 Å². The van der Waals surface area contributed by atoms with Gasteiger partial charge in [-0.05, 0) is 49.7 Å². The molecule has 0 aromatic heterocycles. The molecule has 0 spiro atoms. The minimum Gasteiger partial charge on any atom is -0.489 e. The van der Waals surface area contributed by atoms with Gasteiger partial charge in [0.15, 0.2) is 0 Å². The van der Waals surface area contributed by atoms with E-state index in [1.54, 1.807) is 7.11 Å². The van der Waals surface area contributed by atoms with E-state index in [9.17, 15) is 9.18 Å². The lowest BCUT2D eigenvalue weighted by molar-refractivity contribution is -0.122. The molecule has 2 aliphatic rings. The fourth-order valence-electron chi connectivity index (χ4n) is 4.20. The highest BCUT2D eigenvalue weighted by atomic mass is 35.5. The highest BCUT2D eigenvalue weighted by molar-refractivity contribution is 5.94. The number of rotatable bonds is 6. The number of amides is 1. The number of benzene rings is 1. The number of nitrogens with two attached hydrogens (primary N) is 1. The predicted molar refractivity (Wildman–Crippen MR) is 101 cm³/mol. The van der Waals surface area contributed by atoms with Crippen LogP contribution < -0.4 is 15.8 Å². The molecular weight excluding hydrogens is 359 g/mol. The number of anilines is 1. The second-order valence-electron chi connectivity index (χ2n) is 7.17. The summed E-state index contributed by atoms with van der Waals surface area (Å²) in [5.74, 6) is 0.772. The third kappa shape index (κ3) is 4.87. The van der Waals surface area contributed by atoms with Crippen LogP contribution in [-0.2, 0) is 9.53 Å². The normalized spacial score (nSPS) is 27.3. The molecule has 0 heterocycles. The maximum absolute atomic E-state index is 13.6. The van der Waals surface area contributed by atoms with Gasteiger partial charge in [0, 0.05) is 25.1 Å². The van der Waals surface area contributed by atoms with E-state index in [4.69, 9.17) is 15.2 Å². The molecule has 26 heavy (non-hydrogen) atoms. The number of ether oxygens (including phenoxy) is 2. The van der Waals surface area contributed by atoms with Crippen molar-refractivity contribution in [3.05, 3.63) is 24.0 Å². The van der Waals surface area contributed by atoms with Gasteiger partial charge in [-0.2, -0.15) is 0 Å². The summed E-state index contributed by atoms with van der Waals surface area (Å²) < 4.78 is 24.2. The molecule has 1 aromatic rings. The number of carbonyl (C=O) groups is 1. The first-order chi connectivity index (χ1) is 12.1. The van der Waals surface area contributed by atoms with Crippen molar-refractivity contribution >= 4 is 24.0 Å². The molecule has 5 nitrogen and oxygen atoms in total. The molecule has 2 aliphatic carbocycles. The molecule has 2 saturated carbocycles. The van der Waals surface area contributed by atoms with Crippen molar-refractivity contribution in [2.45, 2.75) is 38.1 Å². The Morgan fingerprint density at radius 3 is 2.62 bits per heavy atom. The molecule has 1 aromatic carbocycles. The van der Waals surface area contributed by atoms with Crippen molar-refractivity contribution in [1.29, 1.82) is 0 Å². The summed E-state index contributed by atoms with van der Waals surface area (Å²) in [6.45, 7) is 0.766. The fraction of sp³-hybridized carbons (Fsp3) is 0.632. The van der Waals surface area contributed by atoms with E-state index in [0.717, 1.165) is 25.7 Å². The second-order valence-corrected chi connectivity index (χ2v) is 7.17. The number of methoxy groups -OCH3 is 1. The maximum Gasteiger partial charge on any atom is 0.227 e. The van der Waals surface area contributed by atoms with E-state index in [-0.39, 0.29) is 30.3 Å². The zero-order valence-corrected chi connectivity index (χ0v) is 15.9. The number of fused-ring (bicyclic) bond motifs is 2. The standard InChI is InChI=1S/C19H27FN2O3.ClH/c1-24-7-8-25-17-6-5-15(20)11-16(17)22-19(23)14-9-12-3-2-4-13(10-14)18(12)21;/h5-6,11-14,18H,2-4,7-10,21H2,1H3,(H,22,23);1H. The van der Waals surface area contributed by atoms with Crippen LogP contribution in [0.15, 0.2) is 18.2 Å². The highest BCUT2D eigenvalue weighted by Crippen LogP contribution is 2.42. The molecule has 7 heteroatoms. The third-order valence-electron chi connectivity index (χ3n) is 5.53. The average Bonchev–Trinajstić information content (AvgIpc) is 2.56. The van der Waals surface area contributed by atoms with Gasteiger partial charge in [0.2, 0.25) is 5.91 Å². The van der Waals surface area contributed by atoms with Gasteiger partial charge in [0.1, 0.15) is 18.2 Å². The number of halogens is 2. The Balaban J connectivity index is 0.00000243. The summed E-state index contributed by atoms with van der Waals surface area (Å²) in [5.41, 5.74) is 6.67. The summed E-state index contributed by atoms with van der Waals surface area (Å²) in [6.07, 6.45) is 5.05. The van der Waals surface area contributed by atoms with Crippen LogP contribution in [0, 0.1) is 23.6 Å². The zero-order chi connectivity index (χ0) is 17.8. The summed E-state index contributed by atoms with van der Waals surface area (Å²) in [5, 5.41) is 2.87. The van der Waals surface area contributed by atoms with Crippen molar-refractivity contribution < 1.29 is 18.7 Å². The van der Waals surface area contributed by atoms with Crippen LogP contribution in [0.5, 0.6) is 5.75 Å².